The van der Waals surface area contributed by atoms with Crippen molar-refractivity contribution >= 4 is 17.3 Å². The molecule has 2 aromatic rings. The van der Waals surface area contributed by atoms with Crippen LogP contribution in [0.25, 0.3) is 0 Å². The maximum atomic E-state index is 12.3. The molecule has 10 nitrogen and oxygen atoms in total. The number of ketones is 1. The van der Waals surface area contributed by atoms with Gasteiger partial charge in [0.1, 0.15) is 5.82 Å². The second-order valence-electron chi connectivity index (χ2n) is 7.05. The van der Waals surface area contributed by atoms with Crippen molar-refractivity contribution in [1.82, 2.24) is 14.0 Å². The fourth-order valence-electron chi connectivity index (χ4n) is 3.40. The monoisotopic (exact) mass is 401 g/mol. The lowest BCUT2D eigenvalue weighted by Gasteiger charge is -2.36. The summed E-state index contributed by atoms with van der Waals surface area (Å²) in [6, 6.07) is 7.10. The van der Waals surface area contributed by atoms with Gasteiger partial charge in [-0.05, 0) is 12.1 Å². The van der Waals surface area contributed by atoms with Crippen molar-refractivity contribution in [3.05, 3.63) is 66.8 Å². The van der Waals surface area contributed by atoms with E-state index in [1.54, 1.807) is 7.05 Å². The number of Topliss-reactive ketones (excluding diaryl/α,β-unsaturated/α-hetero) is 1. The van der Waals surface area contributed by atoms with Gasteiger partial charge in [0.2, 0.25) is 0 Å². The molecule has 1 fully saturated rings. The van der Waals surface area contributed by atoms with Gasteiger partial charge in [0.15, 0.2) is 5.78 Å². The van der Waals surface area contributed by atoms with E-state index >= 15 is 0 Å². The number of nitro groups is 1. The Bertz CT molecular complexity index is 1030. The van der Waals surface area contributed by atoms with E-state index in [1.807, 2.05) is 4.90 Å². The molecule has 0 amide bonds. The minimum Gasteiger partial charge on any atom is -0.355 e. The summed E-state index contributed by atoms with van der Waals surface area (Å²) in [5.74, 6) is 0.538. The predicted molar refractivity (Wildman–Crippen MR) is 108 cm³/mol. The number of piperazine rings is 1. The van der Waals surface area contributed by atoms with Crippen molar-refractivity contribution in [3.8, 4) is 0 Å². The van der Waals surface area contributed by atoms with Crippen LogP contribution < -0.4 is 16.1 Å². The summed E-state index contributed by atoms with van der Waals surface area (Å²) in [6.45, 7) is 3.28. The van der Waals surface area contributed by atoms with Crippen molar-refractivity contribution < 1.29 is 9.72 Å². The van der Waals surface area contributed by atoms with Gasteiger partial charge in [-0.3, -0.25) is 33.7 Å². The molecule has 10 heteroatoms. The van der Waals surface area contributed by atoms with Crippen LogP contribution in [0.1, 0.15) is 16.8 Å². The molecule has 0 aliphatic carbocycles. The number of benzene rings is 1. The zero-order valence-electron chi connectivity index (χ0n) is 16.4. The Morgan fingerprint density at radius 2 is 1.66 bits per heavy atom. The Labute approximate surface area is 166 Å². The van der Waals surface area contributed by atoms with E-state index in [0.29, 0.717) is 50.5 Å². The fourth-order valence-corrected chi connectivity index (χ4v) is 3.40. The van der Waals surface area contributed by atoms with Crippen LogP contribution >= 0.6 is 0 Å². The Morgan fingerprint density at radius 3 is 2.24 bits per heavy atom. The summed E-state index contributed by atoms with van der Waals surface area (Å²) >= 11 is 0. The molecule has 1 aromatic carbocycles. The average molecular weight is 401 g/mol. The van der Waals surface area contributed by atoms with Gasteiger partial charge < -0.3 is 4.90 Å². The van der Waals surface area contributed by atoms with Gasteiger partial charge in [-0.15, -0.1) is 0 Å². The number of nitro benzene ring substituents is 1. The highest BCUT2D eigenvalue weighted by Gasteiger charge is 2.21. The van der Waals surface area contributed by atoms with E-state index in [-0.39, 0.29) is 22.7 Å². The average Bonchev–Trinajstić information content (AvgIpc) is 2.73. The van der Waals surface area contributed by atoms with Crippen LogP contribution in [0.5, 0.6) is 0 Å². The van der Waals surface area contributed by atoms with E-state index in [2.05, 4.69) is 4.90 Å². The molecule has 0 saturated carbocycles. The lowest BCUT2D eigenvalue weighted by atomic mass is 10.1. The highest BCUT2D eigenvalue weighted by atomic mass is 16.6. The van der Waals surface area contributed by atoms with E-state index < -0.39 is 4.92 Å². The molecule has 2 heterocycles. The van der Waals surface area contributed by atoms with Crippen molar-refractivity contribution in [2.24, 2.45) is 14.1 Å². The molecule has 1 saturated heterocycles. The second kappa shape index (κ2) is 8.39. The third-order valence-electron chi connectivity index (χ3n) is 5.25. The SMILES string of the molecule is Cn1c(N2CCN(CCC(=O)c3ccc([N+](=O)[O-])cc3)CC2)cc(=O)n(C)c1=O. The maximum Gasteiger partial charge on any atom is 0.332 e. The molecular weight excluding hydrogens is 378 g/mol. The Morgan fingerprint density at radius 1 is 1.03 bits per heavy atom. The van der Waals surface area contributed by atoms with E-state index in [0.717, 1.165) is 4.57 Å². The molecule has 1 aromatic heterocycles. The summed E-state index contributed by atoms with van der Waals surface area (Å²) in [6.07, 6.45) is 0.322. The maximum absolute atomic E-state index is 12.3. The molecule has 0 N–H and O–H groups in total. The van der Waals surface area contributed by atoms with Crippen LogP contribution in [-0.4, -0.2) is 57.5 Å². The van der Waals surface area contributed by atoms with Crippen molar-refractivity contribution in [1.29, 1.82) is 0 Å². The standard InChI is InChI=1S/C19H23N5O5/c1-20-17(13-18(26)21(2)19(20)27)23-11-9-22(10-12-23)8-7-16(25)14-3-5-15(6-4-14)24(28)29/h3-6,13H,7-12H2,1-2H3. The molecule has 0 unspecified atom stereocenters. The normalized spacial score (nSPS) is 14.8. The lowest BCUT2D eigenvalue weighted by molar-refractivity contribution is -0.384. The number of hydrogen-bond acceptors (Lipinski definition) is 7. The first-order valence-corrected chi connectivity index (χ1v) is 9.30. The summed E-state index contributed by atoms with van der Waals surface area (Å²) in [5, 5.41) is 10.7. The molecule has 3 rings (SSSR count). The Hall–Kier alpha value is -3.27. The molecule has 0 spiro atoms. The van der Waals surface area contributed by atoms with Crippen LogP contribution in [0.2, 0.25) is 0 Å². The summed E-state index contributed by atoms with van der Waals surface area (Å²) in [7, 11) is 3.10. The van der Waals surface area contributed by atoms with Crippen molar-refractivity contribution in [2.75, 3.05) is 37.6 Å². The minimum atomic E-state index is -0.494. The minimum absolute atomic E-state index is 0.0391. The highest BCUT2D eigenvalue weighted by Crippen LogP contribution is 2.15. The smallest absolute Gasteiger partial charge is 0.332 e. The number of rotatable bonds is 6. The van der Waals surface area contributed by atoms with Crippen LogP contribution in [0.15, 0.2) is 39.9 Å². The first-order chi connectivity index (χ1) is 13.8. The highest BCUT2D eigenvalue weighted by molar-refractivity contribution is 5.96. The number of non-ortho nitro benzene ring substituents is 1. The van der Waals surface area contributed by atoms with Crippen LogP contribution in [0.4, 0.5) is 11.5 Å². The van der Waals surface area contributed by atoms with Gasteiger partial charge in [0.25, 0.3) is 11.2 Å². The Balaban J connectivity index is 1.55. The van der Waals surface area contributed by atoms with Crippen molar-refractivity contribution in [2.45, 2.75) is 6.42 Å². The molecule has 0 radical (unpaired) electrons. The molecule has 29 heavy (non-hydrogen) atoms. The lowest BCUT2D eigenvalue weighted by Crippen LogP contribution is -2.49. The van der Waals surface area contributed by atoms with E-state index in [4.69, 9.17) is 0 Å². The number of carbonyl (C=O) groups is 1. The summed E-state index contributed by atoms with van der Waals surface area (Å²) in [5.41, 5.74) is -0.268. The molecule has 0 atom stereocenters. The quantitative estimate of drug-likeness (QED) is 0.391. The molecule has 1 aliphatic rings. The van der Waals surface area contributed by atoms with Gasteiger partial charge in [-0.1, -0.05) is 0 Å². The zero-order valence-corrected chi connectivity index (χ0v) is 16.4. The summed E-state index contributed by atoms with van der Waals surface area (Å²) < 4.78 is 2.54. The number of carbonyl (C=O) groups excluding carboxylic acids is 1. The number of nitrogens with zero attached hydrogens (tertiary/aromatic N) is 5. The Kier molecular flexibility index (Phi) is 5.92. The third-order valence-corrected chi connectivity index (χ3v) is 5.25. The number of anilines is 1. The van der Waals surface area contributed by atoms with Gasteiger partial charge in [-0.25, -0.2) is 4.79 Å². The van der Waals surface area contributed by atoms with Crippen LogP contribution in [0, 0.1) is 10.1 Å². The fraction of sp³-hybridized carbons (Fsp3) is 0.421. The van der Waals surface area contributed by atoms with E-state index in [9.17, 15) is 24.5 Å². The first-order valence-electron chi connectivity index (χ1n) is 9.30. The number of aromatic nitrogens is 2. The molecule has 154 valence electrons. The molecular formula is C19H23N5O5. The zero-order chi connectivity index (χ0) is 21.1. The molecule has 0 bridgehead atoms. The van der Waals surface area contributed by atoms with Crippen molar-refractivity contribution in [3.63, 3.8) is 0 Å². The first kappa shape index (κ1) is 20.5. The van der Waals surface area contributed by atoms with Gasteiger partial charge in [-0.2, -0.15) is 0 Å². The van der Waals surface area contributed by atoms with Crippen LogP contribution in [-0.2, 0) is 14.1 Å². The molecule has 1 aliphatic heterocycles. The number of hydrogen-bond donors (Lipinski definition) is 0. The third kappa shape index (κ3) is 4.43. The largest absolute Gasteiger partial charge is 0.355 e. The summed E-state index contributed by atoms with van der Waals surface area (Å²) in [4.78, 5) is 50.7. The van der Waals surface area contributed by atoms with E-state index in [1.165, 1.54) is 41.9 Å². The van der Waals surface area contributed by atoms with Gasteiger partial charge in [0, 0.05) is 77.0 Å². The van der Waals surface area contributed by atoms with Gasteiger partial charge in [0.05, 0.1) is 4.92 Å². The predicted octanol–water partition coefficient (Wildman–Crippen LogP) is 0.387. The topological polar surface area (TPSA) is 111 Å². The second-order valence-corrected chi connectivity index (χ2v) is 7.05. The van der Waals surface area contributed by atoms with Crippen LogP contribution in [0.3, 0.4) is 0 Å². The van der Waals surface area contributed by atoms with Gasteiger partial charge >= 0.3 is 5.69 Å².